The monoisotopic (exact) mass is 360 g/mol. The number of carbonyl (C=O) groups excluding carboxylic acids is 1. The summed E-state index contributed by atoms with van der Waals surface area (Å²) in [6.07, 6.45) is 4.40. The number of nitrogens with zero attached hydrogens (tertiary/aromatic N) is 2. The van der Waals surface area contributed by atoms with Crippen LogP contribution >= 0.6 is 0 Å². The van der Waals surface area contributed by atoms with E-state index in [1.807, 2.05) is 29.2 Å². The van der Waals surface area contributed by atoms with Gasteiger partial charge in [-0.1, -0.05) is 6.07 Å². The molecule has 4 rings (SSSR count). The van der Waals surface area contributed by atoms with Gasteiger partial charge < -0.3 is 14.4 Å². The average molecular weight is 360 g/mol. The first kappa shape index (κ1) is 17.1. The molecular weight excluding hydrogens is 340 g/mol. The van der Waals surface area contributed by atoms with Crippen LogP contribution in [0.4, 0.5) is 5.69 Å². The minimum absolute atomic E-state index is 0.0649. The van der Waals surface area contributed by atoms with E-state index >= 15 is 0 Å². The Bertz CT molecular complexity index is 986. The van der Waals surface area contributed by atoms with Gasteiger partial charge in [0.15, 0.2) is 0 Å². The van der Waals surface area contributed by atoms with Crippen LogP contribution in [0.3, 0.4) is 0 Å². The zero-order chi connectivity index (χ0) is 18.8. The minimum Gasteiger partial charge on any atom is -0.497 e. The van der Waals surface area contributed by atoms with Gasteiger partial charge >= 0.3 is 0 Å². The highest BCUT2D eigenvalue weighted by Gasteiger charge is 2.27. The maximum atomic E-state index is 13.1. The van der Waals surface area contributed by atoms with Crippen molar-refractivity contribution in [3.63, 3.8) is 0 Å². The highest BCUT2D eigenvalue weighted by atomic mass is 16.5. The number of carbonyl (C=O) groups is 1. The average Bonchev–Trinajstić information content (AvgIpc) is 3.16. The van der Waals surface area contributed by atoms with Crippen molar-refractivity contribution in [3.05, 3.63) is 72.1 Å². The summed E-state index contributed by atoms with van der Waals surface area (Å²) in [4.78, 5) is 19.0. The fraction of sp³-hybridized carbons (Fsp3) is 0.182. The zero-order valence-electron chi connectivity index (χ0n) is 15.3. The fourth-order valence-corrected chi connectivity index (χ4v) is 3.46. The topological polar surface area (TPSA) is 51.7 Å². The molecule has 0 saturated heterocycles. The minimum atomic E-state index is -0.0649. The van der Waals surface area contributed by atoms with E-state index in [-0.39, 0.29) is 5.91 Å². The molecule has 0 N–H and O–H groups in total. The lowest BCUT2D eigenvalue weighted by molar-refractivity contribution is 0.0986. The maximum Gasteiger partial charge on any atom is 0.262 e. The summed E-state index contributed by atoms with van der Waals surface area (Å²) in [5, 5.41) is 0. The predicted molar refractivity (Wildman–Crippen MR) is 105 cm³/mol. The Balaban J connectivity index is 1.66. The van der Waals surface area contributed by atoms with Crippen LogP contribution < -0.4 is 14.4 Å². The highest BCUT2D eigenvalue weighted by Crippen LogP contribution is 2.35. The fourth-order valence-electron chi connectivity index (χ4n) is 3.46. The lowest BCUT2D eigenvalue weighted by Gasteiger charge is -2.19. The van der Waals surface area contributed by atoms with E-state index in [2.05, 4.69) is 11.1 Å². The van der Waals surface area contributed by atoms with Crippen molar-refractivity contribution in [2.75, 3.05) is 25.7 Å². The molecule has 1 aromatic heterocycles. The molecule has 0 bridgehead atoms. The molecule has 0 atom stereocenters. The number of fused-ring (bicyclic) bond motifs is 1. The van der Waals surface area contributed by atoms with Crippen LogP contribution in [0.5, 0.6) is 11.5 Å². The summed E-state index contributed by atoms with van der Waals surface area (Å²) in [7, 11) is 3.15. The van der Waals surface area contributed by atoms with Gasteiger partial charge in [0.1, 0.15) is 11.5 Å². The van der Waals surface area contributed by atoms with Crippen molar-refractivity contribution in [1.82, 2.24) is 4.98 Å². The zero-order valence-corrected chi connectivity index (χ0v) is 15.3. The van der Waals surface area contributed by atoms with Crippen LogP contribution in [0.2, 0.25) is 0 Å². The quantitative estimate of drug-likeness (QED) is 0.706. The van der Waals surface area contributed by atoms with Crippen molar-refractivity contribution in [3.8, 4) is 22.6 Å². The molecule has 1 aliphatic rings. The Morgan fingerprint density at radius 1 is 0.963 bits per heavy atom. The Morgan fingerprint density at radius 2 is 1.78 bits per heavy atom. The molecule has 0 spiro atoms. The van der Waals surface area contributed by atoms with Crippen molar-refractivity contribution < 1.29 is 14.3 Å². The predicted octanol–water partition coefficient (Wildman–Crippen LogP) is 3.97. The third kappa shape index (κ3) is 3.12. The molecule has 0 fully saturated rings. The van der Waals surface area contributed by atoms with Crippen LogP contribution in [0.25, 0.3) is 11.1 Å². The van der Waals surface area contributed by atoms with E-state index in [9.17, 15) is 4.79 Å². The number of amides is 1. The standard InChI is InChI=1S/C22H20N2O3/c1-26-18-4-5-19(21(14-18)27-2)22(25)24-12-9-17-13-16(3-6-20(17)24)15-7-10-23-11-8-15/h3-8,10-11,13-14H,9,12H2,1-2H3. The second-order valence-corrected chi connectivity index (χ2v) is 6.35. The number of rotatable bonds is 4. The molecule has 5 nitrogen and oxygen atoms in total. The first-order valence-corrected chi connectivity index (χ1v) is 8.78. The van der Waals surface area contributed by atoms with E-state index in [1.54, 1.807) is 44.8 Å². The van der Waals surface area contributed by atoms with Gasteiger partial charge in [0, 0.05) is 30.7 Å². The van der Waals surface area contributed by atoms with E-state index < -0.39 is 0 Å². The summed E-state index contributed by atoms with van der Waals surface area (Å²) in [6.45, 7) is 0.656. The molecule has 0 aliphatic carbocycles. The number of aromatic nitrogens is 1. The smallest absolute Gasteiger partial charge is 0.262 e. The molecule has 136 valence electrons. The number of pyridine rings is 1. The van der Waals surface area contributed by atoms with Crippen molar-refractivity contribution in [1.29, 1.82) is 0 Å². The molecule has 0 unspecified atom stereocenters. The number of methoxy groups -OCH3 is 2. The number of benzene rings is 2. The Hall–Kier alpha value is -3.34. The van der Waals surface area contributed by atoms with E-state index in [1.165, 1.54) is 5.56 Å². The summed E-state index contributed by atoms with van der Waals surface area (Å²) in [6, 6.07) is 15.5. The molecule has 0 radical (unpaired) electrons. The Morgan fingerprint density at radius 3 is 2.52 bits per heavy atom. The molecule has 3 aromatic rings. The van der Waals surface area contributed by atoms with Gasteiger partial charge in [-0.2, -0.15) is 0 Å². The van der Waals surface area contributed by atoms with Gasteiger partial charge in [0.2, 0.25) is 0 Å². The molecule has 2 aromatic carbocycles. The number of ether oxygens (including phenoxy) is 2. The van der Waals surface area contributed by atoms with Gasteiger partial charge in [-0.3, -0.25) is 9.78 Å². The van der Waals surface area contributed by atoms with E-state index in [0.717, 1.165) is 23.2 Å². The third-order valence-electron chi connectivity index (χ3n) is 4.87. The van der Waals surface area contributed by atoms with Gasteiger partial charge in [-0.25, -0.2) is 0 Å². The summed E-state index contributed by atoms with van der Waals surface area (Å²) < 4.78 is 10.6. The van der Waals surface area contributed by atoms with Crippen LogP contribution in [0.15, 0.2) is 60.9 Å². The Kier molecular flexibility index (Phi) is 4.50. The lowest BCUT2D eigenvalue weighted by atomic mass is 10.0. The van der Waals surface area contributed by atoms with Crippen LogP contribution in [-0.4, -0.2) is 31.7 Å². The van der Waals surface area contributed by atoms with Gasteiger partial charge in [-0.05, 0) is 59.5 Å². The molecule has 0 saturated carbocycles. The van der Waals surface area contributed by atoms with Crippen molar-refractivity contribution in [2.24, 2.45) is 0 Å². The molecule has 27 heavy (non-hydrogen) atoms. The van der Waals surface area contributed by atoms with Gasteiger partial charge in [0.05, 0.1) is 19.8 Å². The second kappa shape index (κ2) is 7.11. The van der Waals surface area contributed by atoms with Crippen LogP contribution in [0, 0.1) is 0 Å². The second-order valence-electron chi connectivity index (χ2n) is 6.35. The normalized spacial score (nSPS) is 12.6. The third-order valence-corrected chi connectivity index (χ3v) is 4.87. The van der Waals surface area contributed by atoms with Crippen LogP contribution in [-0.2, 0) is 6.42 Å². The molecule has 5 heteroatoms. The summed E-state index contributed by atoms with van der Waals surface area (Å²) in [5.41, 5.74) is 4.91. The first-order valence-electron chi connectivity index (χ1n) is 8.78. The maximum absolute atomic E-state index is 13.1. The van der Waals surface area contributed by atoms with Gasteiger partial charge in [0.25, 0.3) is 5.91 Å². The summed E-state index contributed by atoms with van der Waals surface area (Å²) in [5.74, 6) is 1.11. The number of hydrogen-bond donors (Lipinski definition) is 0. The molecule has 1 aliphatic heterocycles. The van der Waals surface area contributed by atoms with Gasteiger partial charge in [-0.15, -0.1) is 0 Å². The van der Waals surface area contributed by atoms with Crippen molar-refractivity contribution in [2.45, 2.75) is 6.42 Å². The molecule has 1 amide bonds. The van der Waals surface area contributed by atoms with Crippen LogP contribution in [0.1, 0.15) is 15.9 Å². The highest BCUT2D eigenvalue weighted by molar-refractivity contribution is 6.09. The van der Waals surface area contributed by atoms with E-state index in [4.69, 9.17) is 9.47 Å². The lowest BCUT2D eigenvalue weighted by Crippen LogP contribution is -2.29. The van der Waals surface area contributed by atoms with Crippen molar-refractivity contribution >= 4 is 11.6 Å². The Labute approximate surface area is 158 Å². The SMILES string of the molecule is COc1ccc(C(=O)N2CCc3cc(-c4ccncc4)ccc32)c(OC)c1. The summed E-state index contributed by atoms with van der Waals surface area (Å²) >= 11 is 0. The molecule has 2 heterocycles. The number of hydrogen-bond acceptors (Lipinski definition) is 4. The largest absolute Gasteiger partial charge is 0.497 e. The molecular formula is C22H20N2O3. The van der Waals surface area contributed by atoms with E-state index in [0.29, 0.717) is 23.6 Å². The first-order chi connectivity index (χ1) is 13.2. The number of anilines is 1.